The summed E-state index contributed by atoms with van der Waals surface area (Å²) in [6.07, 6.45) is 0. The summed E-state index contributed by atoms with van der Waals surface area (Å²) in [7, 11) is 0. The summed E-state index contributed by atoms with van der Waals surface area (Å²) in [6.45, 7) is 4.33. The molecule has 0 spiro atoms. The number of rotatable bonds is 0. The predicted molar refractivity (Wildman–Crippen MR) is 45.2 cm³/mol. The van der Waals surface area contributed by atoms with Crippen molar-refractivity contribution in [3.8, 4) is 6.07 Å². The molecular weight excluding hydrogens is 164 g/mol. The number of nitrogens with zero attached hydrogens (tertiary/aromatic N) is 4. The van der Waals surface area contributed by atoms with Gasteiger partial charge < -0.3 is 0 Å². The van der Waals surface area contributed by atoms with E-state index < -0.39 is 0 Å². The highest BCUT2D eigenvalue weighted by Gasteiger charge is 2.17. The van der Waals surface area contributed by atoms with Crippen molar-refractivity contribution < 1.29 is 4.36 Å². The molecule has 0 unspecified atom stereocenters. The average molecular weight is 173 g/mol. The highest BCUT2D eigenvalue weighted by Crippen LogP contribution is 1.96. The van der Waals surface area contributed by atoms with Crippen molar-refractivity contribution in [1.29, 1.82) is 5.26 Å². The Morgan fingerprint density at radius 1 is 1.54 bits per heavy atom. The smallest absolute Gasteiger partial charge is 0.192 e. The van der Waals surface area contributed by atoms with Crippen molar-refractivity contribution in [2.75, 3.05) is 6.54 Å². The van der Waals surface area contributed by atoms with Gasteiger partial charge in [0.1, 0.15) is 18.3 Å². The zero-order valence-electron chi connectivity index (χ0n) is 7.57. The average Bonchev–Trinajstić information content (AvgIpc) is 2.47. The number of hydrogen-bond acceptors (Lipinski definition) is 3. The molecule has 0 fully saturated rings. The third kappa shape index (κ3) is 1.09. The fourth-order valence-electron chi connectivity index (χ4n) is 1.45. The maximum atomic E-state index is 8.79. The van der Waals surface area contributed by atoms with Gasteiger partial charge in [-0.15, -0.1) is 9.48 Å². The van der Waals surface area contributed by atoms with Crippen LogP contribution in [0.5, 0.6) is 0 Å². The van der Waals surface area contributed by atoms with Gasteiger partial charge in [0.15, 0.2) is 11.3 Å². The molecule has 1 aromatic rings. The Hall–Kier alpha value is -1.76. The van der Waals surface area contributed by atoms with E-state index in [-0.39, 0.29) is 0 Å². The van der Waals surface area contributed by atoms with Gasteiger partial charge >= 0.3 is 5.48 Å². The quantitative estimate of drug-likeness (QED) is 0.506. The van der Waals surface area contributed by atoms with Crippen LogP contribution in [-0.2, 0) is 0 Å². The first-order valence-electron chi connectivity index (χ1n) is 4.07. The first kappa shape index (κ1) is 7.87. The van der Waals surface area contributed by atoms with Gasteiger partial charge in [0.2, 0.25) is 0 Å². The monoisotopic (exact) mass is 173 g/mol. The Balaban J connectivity index is 2.96. The lowest BCUT2D eigenvalue weighted by Crippen LogP contribution is -2.40. The largest absolute Gasteiger partial charge is 0.364 e. The SMILES string of the molecule is Cc1cc(C)[n+]2c(n1)=C(C#N)CN=2. The molecule has 2 rings (SSSR count). The van der Waals surface area contributed by atoms with Crippen LogP contribution in [0.2, 0.25) is 0 Å². The highest BCUT2D eigenvalue weighted by molar-refractivity contribution is 5.58. The third-order valence-electron chi connectivity index (χ3n) is 2.01. The van der Waals surface area contributed by atoms with Crippen LogP contribution in [0.4, 0.5) is 0 Å². The standard InChI is InChI=1S/C9H9N4/c1-6-3-7(2)13-9(12-6)8(4-10)5-11-13/h3H,5H2,1-2H3/q+1. The number of hydrogen-bond donors (Lipinski definition) is 0. The summed E-state index contributed by atoms with van der Waals surface area (Å²) in [5, 5.41) is 13.0. The molecule has 1 aliphatic heterocycles. The van der Waals surface area contributed by atoms with E-state index in [0.29, 0.717) is 17.6 Å². The van der Waals surface area contributed by atoms with E-state index >= 15 is 0 Å². The topological polar surface area (TPSA) is 54.9 Å². The summed E-state index contributed by atoms with van der Waals surface area (Å²) in [6, 6.07) is 4.07. The number of aromatic nitrogens is 2. The van der Waals surface area contributed by atoms with Crippen LogP contribution < -0.4 is 9.84 Å². The fraction of sp³-hybridized carbons (Fsp3) is 0.333. The van der Waals surface area contributed by atoms with E-state index in [1.165, 1.54) is 0 Å². The van der Waals surface area contributed by atoms with Gasteiger partial charge in [0.05, 0.1) is 0 Å². The zero-order chi connectivity index (χ0) is 9.42. The van der Waals surface area contributed by atoms with Crippen LogP contribution in [0.3, 0.4) is 0 Å². The van der Waals surface area contributed by atoms with E-state index in [0.717, 1.165) is 11.4 Å². The van der Waals surface area contributed by atoms with Crippen LogP contribution in [0.1, 0.15) is 11.4 Å². The van der Waals surface area contributed by atoms with E-state index in [4.69, 9.17) is 5.26 Å². The molecule has 0 saturated heterocycles. The Morgan fingerprint density at radius 3 is 3.00 bits per heavy atom. The van der Waals surface area contributed by atoms with Crippen LogP contribution in [0.25, 0.3) is 5.57 Å². The van der Waals surface area contributed by atoms with Crippen LogP contribution in [0, 0.1) is 25.2 Å². The lowest BCUT2D eigenvalue weighted by Gasteiger charge is -1.85. The molecule has 2 heterocycles. The molecule has 13 heavy (non-hydrogen) atoms. The molecule has 1 aromatic heterocycles. The van der Waals surface area contributed by atoms with Gasteiger partial charge in [-0.05, 0) is 4.98 Å². The van der Waals surface area contributed by atoms with Crippen LogP contribution in [-0.4, -0.2) is 11.5 Å². The second-order valence-electron chi connectivity index (χ2n) is 3.06. The van der Waals surface area contributed by atoms with Gasteiger partial charge in [-0.2, -0.15) is 5.26 Å². The molecule has 4 nitrogen and oxygen atoms in total. The predicted octanol–water partition coefficient (Wildman–Crippen LogP) is -0.294. The molecular formula is C9H9N4+. The first-order valence-corrected chi connectivity index (χ1v) is 4.07. The fourth-order valence-corrected chi connectivity index (χ4v) is 1.45. The molecule has 64 valence electrons. The maximum absolute atomic E-state index is 8.79. The second-order valence-corrected chi connectivity index (χ2v) is 3.06. The Kier molecular flexibility index (Phi) is 1.59. The third-order valence-corrected chi connectivity index (χ3v) is 2.01. The van der Waals surface area contributed by atoms with Gasteiger partial charge in [-0.25, -0.2) is 0 Å². The van der Waals surface area contributed by atoms with Crippen molar-refractivity contribution >= 4 is 5.57 Å². The Bertz CT molecular complexity index is 522. The lowest BCUT2D eigenvalue weighted by atomic mass is 10.3. The summed E-state index contributed by atoms with van der Waals surface area (Å²) >= 11 is 0. The van der Waals surface area contributed by atoms with Crippen molar-refractivity contribution in [3.63, 3.8) is 0 Å². The number of fused-ring (bicyclic) bond motifs is 1. The normalized spacial score (nSPS) is 13.5. The van der Waals surface area contributed by atoms with Gasteiger partial charge in [0, 0.05) is 19.9 Å². The minimum absolute atomic E-state index is 0.452. The van der Waals surface area contributed by atoms with Crippen molar-refractivity contribution in [1.82, 2.24) is 4.98 Å². The minimum Gasteiger partial charge on any atom is -0.192 e. The molecule has 0 aliphatic carbocycles. The molecule has 0 saturated carbocycles. The van der Waals surface area contributed by atoms with Crippen LogP contribution in [0.15, 0.2) is 11.2 Å². The van der Waals surface area contributed by atoms with Gasteiger partial charge in [-0.3, -0.25) is 0 Å². The molecule has 0 radical (unpaired) electrons. The summed E-state index contributed by atoms with van der Waals surface area (Å²) in [5.74, 6) is 0. The molecule has 0 bridgehead atoms. The summed E-state index contributed by atoms with van der Waals surface area (Å²) < 4.78 is 1.73. The first-order chi connectivity index (χ1) is 6.22. The molecule has 0 N–H and O–H groups in total. The number of nitriles is 1. The van der Waals surface area contributed by atoms with Gasteiger partial charge in [0.25, 0.3) is 0 Å². The van der Waals surface area contributed by atoms with E-state index in [9.17, 15) is 0 Å². The molecule has 1 aliphatic rings. The van der Waals surface area contributed by atoms with E-state index in [1.54, 1.807) is 4.36 Å². The molecule has 4 heteroatoms. The summed E-state index contributed by atoms with van der Waals surface area (Å²) in [5.41, 5.74) is 3.29. The second kappa shape index (κ2) is 2.63. The molecule has 0 aromatic carbocycles. The maximum Gasteiger partial charge on any atom is 0.364 e. The van der Waals surface area contributed by atoms with Crippen LogP contribution >= 0.6 is 0 Å². The van der Waals surface area contributed by atoms with Crippen molar-refractivity contribution in [3.05, 3.63) is 22.9 Å². The highest BCUT2D eigenvalue weighted by atomic mass is 15.2. The number of aryl methyl sites for hydroxylation is 2. The Labute approximate surface area is 75.5 Å². The minimum atomic E-state index is 0.452. The van der Waals surface area contributed by atoms with Crippen molar-refractivity contribution in [2.45, 2.75) is 13.8 Å². The van der Waals surface area contributed by atoms with Gasteiger partial charge in [-0.1, -0.05) is 0 Å². The zero-order valence-corrected chi connectivity index (χ0v) is 7.57. The summed E-state index contributed by atoms with van der Waals surface area (Å²) in [4.78, 5) is 4.28. The van der Waals surface area contributed by atoms with E-state index in [1.807, 2.05) is 19.9 Å². The molecule has 0 atom stereocenters. The molecule has 0 amide bonds. The van der Waals surface area contributed by atoms with Crippen molar-refractivity contribution in [2.24, 2.45) is 5.11 Å². The van der Waals surface area contributed by atoms with E-state index in [2.05, 4.69) is 16.2 Å². The Morgan fingerprint density at radius 2 is 2.31 bits per heavy atom. The lowest BCUT2D eigenvalue weighted by molar-refractivity contribution is -0.568.